The Bertz CT molecular complexity index is 589. The first-order valence-electron chi connectivity index (χ1n) is 6.19. The molecule has 128 valence electrons. The van der Waals surface area contributed by atoms with Gasteiger partial charge >= 0.3 is 18.0 Å². The topological polar surface area (TPSA) is 33.0 Å². The van der Waals surface area contributed by atoms with Crippen LogP contribution in [0, 0.1) is 11.3 Å². The number of methoxy groups -OCH3 is 1. The van der Waals surface area contributed by atoms with Crippen LogP contribution >= 0.6 is 0 Å². The van der Waals surface area contributed by atoms with E-state index in [0.717, 1.165) is 26.2 Å². The fourth-order valence-corrected chi connectivity index (χ4v) is 1.93. The number of halogens is 7. The van der Waals surface area contributed by atoms with E-state index in [1.165, 1.54) is 12.1 Å². The number of hydrogen-bond acceptors (Lipinski definition) is 2. The molecule has 0 saturated carbocycles. The van der Waals surface area contributed by atoms with Gasteiger partial charge in [0.1, 0.15) is 0 Å². The van der Waals surface area contributed by atoms with Crippen molar-refractivity contribution in [2.45, 2.75) is 37.0 Å². The van der Waals surface area contributed by atoms with E-state index in [9.17, 15) is 30.7 Å². The van der Waals surface area contributed by atoms with E-state index in [1.807, 2.05) is 0 Å². The molecule has 0 spiro atoms. The van der Waals surface area contributed by atoms with E-state index in [2.05, 4.69) is 0 Å². The molecule has 2 nitrogen and oxygen atoms in total. The van der Waals surface area contributed by atoms with Crippen molar-refractivity contribution in [2.24, 2.45) is 0 Å². The summed E-state index contributed by atoms with van der Waals surface area (Å²) in [7, 11) is 0.917. The molecular weight excluding hydrogens is 331 g/mol. The fraction of sp³-hybridized carbons (Fsp3) is 0.500. The number of benzene rings is 1. The van der Waals surface area contributed by atoms with E-state index >= 15 is 0 Å². The highest BCUT2D eigenvalue weighted by molar-refractivity contribution is 5.34. The smallest absolute Gasteiger partial charge is 0.374 e. The number of hydrogen-bond donors (Lipinski definition) is 0. The number of nitriles is 1. The zero-order valence-corrected chi connectivity index (χ0v) is 12.0. The Morgan fingerprint density at radius 3 is 1.83 bits per heavy atom. The maximum atomic E-state index is 13.6. The summed E-state index contributed by atoms with van der Waals surface area (Å²) < 4.78 is 94.7. The molecule has 9 heteroatoms. The van der Waals surface area contributed by atoms with Crippen molar-refractivity contribution in [3.05, 3.63) is 35.4 Å². The van der Waals surface area contributed by atoms with Gasteiger partial charge in [0.05, 0.1) is 23.7 Å². The monoisotopic (exact) mass is 343 g/mol. The predicted octanol–water partition coefficient (Wildman–Crippen LogP) is 4.64. The lowest BCUT2D eigenvalue weighted by atomic mass is 9.86. The lowest BCUT2D eigenvalue weighted by Crippen LogP contribution is -2.54. The number of ether oxygens (including phenoxy) is 1. The molecule has 0 aliphatic carbocycles. The Hall–Kier alpha value is -1.82. The van der Waals surface area contributed by atoms with Gasteiger partial charge in [0.2, 0.25) is 0 Å². The first-order chi connectivity index (χ1) is 10.3. The van der Waals surface area contributed by atoms with Gasteiger partial charge in [-0.1, -0.05) is 12.1 Å². The Morgan fingerprint density at radius 1 is 1.00 bits per heavy atom. The van der Waals surface area contributed by atoms with E-state index in [1.54, 1.807) is 6.07 Å². The van der Waals surface area contributed by atoms with Gasteiger partial charge in [-0.2, -0.15) is 36.0 Å². The summed E-state index contributed by atoms with van der Waals surface area (Å²) in [5, 5.41) is 8.65. The van der Waals surface area contributed by atoms with Crippen LogP contribution in [0.3, 0.4) is 0 Å². The van der Waals surface area contributed by atoms with Gasteiger partial charge in [-0.25, -0.2) is 0 Å². The molecule has 1 aromatic carbocycles. The van der Waals surface area contributed by atoms with E-state index in [-0.39, 0.29) is 11.1 Å². The molecule has 0 radical (unpaired) electrons. The third-order valence-corrected chi connectivity index (χ3v) is 3.45. The van der Waals surface area contributed by atoms with Gasteiger partial charge in [0.25, 0.3) is 0 Å². The molecular formula is C14H12F7NO. The summed E-state index contributed by atoms with van der Waals surface area (Å²) in [5.74, 6) is -11.6. The number of alkyl halides is 7. The van der Waals surface area contributed by atoms with E-state index in [4.69, 9.17) is 10.00 Å². The van der Waals surface area contributed by atoms with Crippen LogP contribution in [0.25, 0.3) is 0 Å². The van der Waals surface area contributed by atoms with Crippen LogP contribution in [-0.2, 0) is 10.3 Å². The molecule has 1 atom stereocenters. The zero-order chi connectivity index (χ0) is 18.1. The van der Waals surface area contributed by atoms with Crippen molar-refractivity contribution in [1.82, 2.24) is 0 Å². The number of rotatable bonds is 5. The highest BCUT2D eigenvalue weighted by Gasteiger charge is 2.73. The average Bonchev–Trinajstić information content (AvgIpc) is 2.45. The van der Waals surface area contributed by atoms with Crippen LogP contribution in [0.2, 0.25) is 0 Å². The Labute approximate surface area is 127 Å². The van der Waals surface area contributed by atoms with Gasteiger partial charge < -0.3 is 4.74 Å². The van der Waals surface area contributed by atoms with Crippen LogP contribution in [-0.4, -0.2) is 25.1 Å². The molecule has 0 aliphatic rings. The maximum Gasteiger partial charge on any atom is 0.459 e. The summed E-state index contributed by atoms with van der Waals surface area (Å²) in [5.41, 5.74) is -2.00. The molecule has 0 N–H and O–H groups in total. The molecule has 0 bridgehead atoms. The molecule has 0 fully saturated rings. The number of nitrogens with zero attached hydrogens (tertiary/aromatic N) is 1. The zero-order valence-electron chi connectivity index (χ0n) is 12.0. The van der Waals surface area contributed by atoms with Crippen molar-refractivity contribution in [3.8, 4) is 6.07 Å². The summed E-state index contributed by atoms with van der Waals surface area (Å²) in [6.07, 6.45) is -8.29. The van der Waals surface area contributed by atoms with Crippen molar-refractivity contribution < 1.29 is 35.5 Å². The highest BCUT2D eigenvalue weighted by atomic mass is 19.4. The van der Waals surface area contributed by atoms with Crippen LogP contribution in [0.15, 0.2) is 24.3 Å². The Kier molecular flexibility index (Phi) is 5.01. The molecule has 1 rings (SSSR count). The lowest BCUT2D eigenvalue weighted by Gasteiger charge is -2.36. The largest absolute Gasteiger partial charge is 0.459 e. The third-order valence-electron chi connectivity index (χ3n) is 3.45. The predicted molar refractivity (Wildman–Crippen MR) is 66.1 cm³/mol. The summed E-state index contributed by atoms with van der Waals surface area (Å²) >= 11 is 0. The Morgan fingerprint density at radius 2 is 1.48 bits per heavy atom. The van der Waals surface area contributed by atoms with Gasteiger partial charge in [-0.05, 0) is 24.6 Å². The highest BCUT2D eigenvalue weighted by Crippen LogP contribution is 2.51. The van der Waals surface area contributed by atoms with Crippen LogP contribution in [0.4, 0.5) is 30.7 Å². The molecule has 1 unspecified atom stereocenters. The lowest BCUT2D eigenvalue weighted by molar-refractivity contribution is -0.361. The van der Waals surface area contributed by atoms with Crippen molar-refractivity contribution in [2.75, 3.05) is 7.11 Å². The second kappa shape index (κ2) is 6.00. The van der Waals surface area contributed by atoms with Crippen LogP contribution < -0.4 is 0 Å². The van der Waals surface area contributed by atoms with Crippen molar-refractivity contribution in [1.29, 1.82) is 5.26 Å². The van der Waals surface area contributed by atoms with Crippen LogP contribution in [0.1, 0.15) is 24.5 Å². The fourth-order valence-electron chi connectivity index (χ4n) is 1.93. The van der Waals surface area contributed by atoms with Gasteiger partial charge in [0, 0.05) is 7.11 Å². The minimum Gasteiger partial charge on any atom is -0.374 e. The van der Waals surface area contributed by atoms with Crippen LogP contribution in [0.5, 0.6) is 0 Å². The normalized spacial score (nSPS) is 15.8. The molecule has 0 amide bonds. The molecule has 1 aromatic rings. The minimum atomic E-state index is -6.39. The third kappa shape index (κ3) is 3.58. The first kappa shape index (κ1) is 19.2. The van der Waals surface area contributed by atoms with Gasteiger partial charge in [-0.3, -0.25) is 0 Å². The van der Waals surface area contributed by atoms with Gasteiger partial charge in [-0.15, -0.1) is 0 Å². The standard InChI is InChI=1S/C14H12F7NO/c1-11(23-2,10-5-3-9(7-22)4-6-10)8-12(15,16)13(17,18)14(19,20)21/h3-6H,8H2,1-2H3. The SMILES string of the molecule is COC(C)(CC(F)(F)C(F)(F)C(F)(F)F)c1ccc(C#N)cc1. The van der Waals surface area contributed by atoms with Crippen molar-refractivity contribution >= 4 is 0 Å². The van der Waals surface area contributed by atoms with Gasteiger partial charge in [0.15, 0.2) is 0 Å². The maximum absolute atomic E-state index is 13.6. The molecule has 0 aliphatic heterocycles. The van der Waals surface area contributed by atoms with E-state index in [0.29, 0.717) is 0 Å². The second-order valence-corrected chi connectivity index (χ2v) is 5.08. The molecule has 0 heterocycles. The summed E-state index contributed by atoms with van der Waals surface area (Å²) in [6.45, 7) is 0.967. The van der Waals surface area contributed by atoms with E-state index < -0.39 is 30.0 Å². The molecule has 0 saturated heterocycles. The molecule has 23 heavy (non-hydrogen) atoms. The average molecular weight is 343 g/mol. The quantitative estimate of drug-likeness (QED) is 0.730. The Balaban J connectivity index is 3.21. The second-order valence-electron chi connectivity index (χ2n) is 5.08. The summed E-state index contributed by atoms with van der Waals surface area (Å²) in [6, 6.07) is 6.50. The molecule has 0 aromatic heterocycles. The first-order valence-corrected chi connectivity index (χ1v) is 6.19. The summed E-state index contributed by atoms with van der Waals surface area (Å²) in [4.78, 5) is 0. The van der Waals surface area contributed by atoms with Crippen molar-refractivity contribution in [3.63, 3.8) is 0 Å². The minimum absolute atomic E-state index is 0.0587.